The van der Waals surface area contributed by atoms with Gasteiger partial charge in [-0.15, -0.1) is 11.3 Å². The van der Waals surface area contributed by atoms with E-state index in [9.17, 15) is 14.4 Å². The monoisotopic (exact) mass is 475 g/mol. The number of hydrogen-bond acceptors (Lipinski definition) is 6. The molecular formula is C26H25N3O4S. The van der Waals surface area contributed by atoms with Gasteiger partial charge in [0.1, 0.15) is 0 Å². The highest BCUT2D eigenvalue weighted by molar-refractivity contribution is 7.18. The van der Waals surface area contributed by atoms with Gasteiger partial charge in [-0.1, -0.05) is 12.1 Å². The highest BCUT2D eigenvalue weighted by Gasteiger charge is 2.38. The summed E-state index contributed by atoms with van der Waals surface area (Å²) >= 11 is 1.74. The van der Waals surface area contributed by atoms with E-state index in [1.54, 1.807) is 29.5 Å². The Kier molecular flexibility index (Phi) is 5.42. The molecule has 174 valence electrons. The molecule has 2 fully saturated rings. The van der Waals surface area contributed by atoms with Crippen molar-refractivity contribution in [2.45, 2.75) is 37.7 Å². The number of thiazole rings is 1. The van der Waals surface area contributed by atoms with Gasteiger partial charge >= 0.3 is 0 Å². The molecule has 0 aliphatic carbocycles. The molecule has 4 heterocycles. The van der Waals surface area contributed by atoms with Gasteiger partial charge in [-0.05, 0) is 56.0 Å². The van der Waals surface area contributed by atoms with Crippen molar-refractivity contribution in [3.05, 3.63) is 64.2 Å². The van der Waals surface area contributed by atoms with Crippen LogP contribution in [-0.2, 0) is 4.74 Å². The first-order chi connectivity index (χ1) is 16.6. The number of para-hydroxylation sites is 1. The van der Waals surface area contributed by atoms with Crippen molar-refractivity contribution in [3.8, 4) is 0 Å². The second-order valence-electron chi connectivity index (χ2n) is 9.20. The number of piperidine rings is 1. The number of ether oxygens (including phenoxy) is 1. The highest BCUT2D eigenvalue weighted by Crippen LogP contribution is 2.34. The van der Waals surface area contributed by atoms with Gasteiger partial charge in [-0.3, -0.25) is 19.3 Å². The van der Waals surface area contributed by atoms with Crippen LogP contribution in [0.1, 0.15) is 67.7 Å². The number of imide groups is 1. The van der Waals surface area contributed by atoms with Gasteiger partial charge in [0, 0.05) is 31.2 Å². The molecule has 1 atom stereocenters. The fourth-order valence-corrected chi connectivity index (χ4v) is 6.29. The van der Waals surface area contributed by atoms with Gasteiger partial charge in [-0.25, -0.2) is 4.98 Å². The number of aromatic nitrogens is 1. The zero-order chi connectivity index (χ0) is 23.2. The number of likely N-dealkylation sites (tertiary alicyclic amines) is 1. The molecule has 8 heteroatoms. The summed E-state index contributed by atoms with van der Waals surface area (Å²) < 4.78 is 6.79. The lowest BCUT2D eigenvalue weighted by atomic mass is 9.96. The predicted molar refractivity (Wildman–Crippen MR) is 128 cm³/mol. The number of rotatable bonds is 4. The van der Waals surface area contributed by atoms with E-state index < -0.39 is 0 Å². The second kappa shape index (κ2) is 8.60. The Balaban J connectivity index is 1.14. The number of nitrogens with zero attached hydrogens (tertiary/aromatic N) is 3. The van der Waals surface area contributed by atoms with E-state index in [2.05, 4.69) is 6.07 Å². The van der Waals surface area contributed by atoms with Crippen LogP contribution in [0.15, 0.2) is 42.5 Å². The van der Waals surface area contributed by atoms with Gasteiger partial charge in [0.25, 0.3) is 17.7 Å². The molecule has 3 aromatic rings. The van der Waals surface area contributed by atoms with Crippen molar-refractivity contribution >= 4 is 39.3 Å². The number of amides is 3. The summed E-state index contributed by atoms with van der Waals surface area (Å²) in [5, 5.41) is 1.14. The van der Waals surface area contributed by atoms with Crippen molar-refractivity contribution in [2.75, 3.05) is 26.2 Å². The normalized spacial score (nSPS) is 21.0. The van der Waals surface area contributed by atoms with E-state index >= 15 is 0 Å². The quantitative estimate of drug-likeness (QED) is 0.531. The average molecular weight is 476 g/mol. The molecule has 6 rings (SSSR count). The Morgan fingerprint density at radius 3 is 2.59 bits per heavy atom. The Labute approximate surface area is 201 Å². The largest absolute Gasteiger partial charge is 0.376 e. The van der Waals surface area contributed by atoms with Crippen LogP contribution in [0.3, 0.4) is 0 Å². The topological polar surface area (TPSA) is 79.8 Å². The van der Waals surface area contributed by atoms with Crippen LogP contribution in [0.2, 0.25) is 0 Å². The molecule has 3 aliphatic rings. The summed E-state index contributed by atoms with van der Waals surface area (Å²) in [6.45, 7) is 2.24. The van der Waals surface area contributed by atoms with E-state index in [1.165, 1.54) is 9.60 Å². The molecule has 2 aromatic carbocycles. The van der Waals surface area contributed by atoms with Crippen LogP contribution in [0, 0.1) is 0 Å². The van der Waals surface area contributed by atoms with Crippen molar-refractivity contribution < 1.29 is 19.1 Å². The van der Waals surface area contributed by atoms with Crippen LogP contribution < -0.4 is 0 Å². The summed E-state index contributed by atoms with van der Waals surface area (Å²) in [7, 11) is 0. The Hall–Kier alpha value is -3.10. The zero-order valence-electron chi connectivity index (χ0n) is 18.7. The Morgan fingerprint density at radius 1 is 1.03 bits per heavy atom. The minimum absolute atomic E-state index is 0.0941. The fourth-order valence-electron chi connectivity index (χ4n) is 5.16. The van der Waals surface area contributed by atoms with E-state index in [1.807, 2.05) is 23.1 Å². The minimum atomic E-state index is -0.334. The molecule has 0 radical (unpaired) electrons. The number of hydrogen-bond donors (Lipinski definition) is 0. The first-order valence-corrected chi connectivity index (χ1v) is 12.7. The van der Waals surface area contributed by atoms with E-state index in [0.717, 1.165) is 36.2 Å². The Morgan fingerprint density at radius 2 is 1.82 bits per heavy atom. The molecule has 3 aliphatic heterocycles. The van der Waals surface area contributed by atoms with Crippen LogP contribution >= 0.6 is 11.3 Å². The average Bonchev–Trinajstić information content (AvgIpc) is 3.60. The third kappa shape index (κ3) is 3.71. The van der Waals surface area contributed by atoms with E-state index in [4.69, 9.17) is 9.72 Å². The predicted octanol–water partition coefficient (Wildman–Crippen LogP) is 4.09. The molecule has 0 bridgehead atoms. The van der Waals surface area contributed by atoms with Crippen LogP contribution in [0.25, 0.3) is 10.2 Å². The molecule has 34 heavy (non-hydrogen) atoms. The third-order valence-electron chi connectivity index (χ3n) is 7.07. The van der Waals surface area contributed by atoms with Gasteiger partial charge in [0.05, 0.1) is 39.0 Å². The van der Waals surface area contributed by atoms with Crippen LogP contribution in [0.4, 0.5) is 0 Å². The molecular weight excluding hydrogens is 450 g/mol. The summed E-state index contributed by atoms with van der Waals surface area (Å²) in [4.78, 5) is 46.8. The number of benzene rings is 2. The molecule has 2 saturated heterocycles. The fraction of sp³-hybridized carbons (Fsp3) is 0.385. The van der Waals surface area contributed by atoms with Gasteiger partial charge < -0.3 is 9.64 Å². The maximum Gasteiger partial charge on any atom is 0.261 e. The smallest absolute Gasteiger partial charge is 0.261 e. The summed E-state index contributed by atoms with van der Waals surface area (Å²) in [6.07, 6.45) is 3.43. The van der Waals surface area contributed by atoms with Crippen LogP contribution in [0.5, 0.6) is 0 Å². The Bertz CT molecular complexity index is 1260. The van der Waals surface area contributed by atoms with Crippen molar-refractivity contribution in [1.29, 1.82) is 0 Å². The minimum Gasteiger partial charge on any atom is -0.376 e. The second-order valence-corrected chi connectivity index (χ2v) is 10.3. The SMILES string of the molecule is O=C(c1ccc2c(c1)C(=O)N(CC1CCCO1)C2=O)N1CCC(c2nc3ccccc3s2)CC1. The molecule has 0 spiro atoms. The maximum absolute atomic E-state index is 13.2. The van der Waals surface area contributed by atoms with E-state index in [-0.39, 0.29) is 30.4 Å². The lowest BCUT2D eigenvalue weighted by Crippen LogP contribution is -2.38. The number of carbonyl (C=O) groups is 3. The zero-order valence-corrected chi connectivity index (χ0v) is 19.6. The number of carbonyl (C=O) groups excluding carboxylic acids is 3. The number of fused-ring (bicyclic) bond motifs is 2. The summed E-state index contributed by atoms with van der Waals surface area (Å²) in [5.74, 6) is -0.374. The lowest BCUT2D eigenvalue weighted by molar-refractivity contribution is 0.0475. The van der Waals surface area contributed by atoms with Crippen molar-refractivity contribution in [1.82, 2.24) is 14.8 Å². The molecule has 7 nitrogen and oxygen atoms in total. The lowest BCUT2D eigenvalue weighted by Gasteiger charge is -2.31. The molecule has 0 N–H and O–H groups in total. The molecule has 3 amide bonds. The standard InChI is InChI=1S/C26H25N3O4S/c30-24(28-11-9-16(10-12-28)23-27-21-5-1-2-6-22(21)34-23)17-7-8-19-20(14-17)26(32)29(25(19)31)15-18-4-3-13-33-18/h1-2,5-8,14,16,18H,3-4,9-13,15H2. The summed E-state index contributed by atoms with van der Waals surface area (Å²) in [6, 6.07) is 13.0. The van der Waals surface area contributed by atoms with E-state index in [0.29, 0.717) is 42.3 Å². The molecule has 1 unspecified atom stereocenters. The highest BCUT2D eigenvalue weighted by atomic mass is 32.1. The molecule has 1 aromatic heterocycles. The third-order valence-corrected chi connectivity index (χ3v) is 8.27. The molecule has 0 saturated carbocycles. The van der Waals surface area contributed by atoms with Gasteiger partial charge in [-0.2, -0.15) is 0 Å². The van der Waals surface area contributed by atoms with Crippen molar-refractivity contribution in [2.24, 2.45) is 0 Å². The summed E-state index contributed by atoms with van der Waals surface area (Å²) in [5.41, 5.74) is 2.18. The first kappa shape index (κ1) is 21.4. The van der Waals surface area contributed by atoms with Crippen LogP contribution in [-0.4, -0.2) is 64.9 Å². The van der Waals surface area contributed by atoms with Gasteiger partial charge in [0.2, 0.25) is 0 Å². The maximum atomic E-state index is 13.2. The van der Waals surface area contributed by atoms with Gasteiger partial charge in [0.15, 0.2) is 0 Å². The first-order valence-electron chi connectivity index (χ1n) is 11.8. The van der Waals surface area contributed by atoms with Crippen molar-refractivity contribution in [3.63, 3.8) is 0 Å².